The van der Waals surface area contributed by atoms with Crippen LogP contribution in [0.15, 0.2) is 66.5 Å². The van der Waals surface area contributed by atoms with Gasteiger partial charge < -0.3 is 19.7 Å². The maximum absolute atomic E-state index is 11.9. The molecule has 0 bridgehead atoms. The number of nitrogens with zero attached hydrogens (tertiary/aromatic N) is 3. The Kier molecular flexibility index (Phi) is 9.09. The summed E-state index contributed by atoms with van der Waals surface area (Å²) in [5.41, 5.74) is 1.86. The smallest absolute Gasteiger partial charge is 0.334 e. The Balaban J connectivity index is 2.58. The highest BCUT2D eigenvalue weighted by molar-refractivity contribution is 6.30. The lowest BCUT2D eigenvalue weighted by atomic mass is 10.1. The Morgan fingerprint density at radius 1 is 1.31 bits per heavy atom. The number of anilines is 2. The lowest BCUT2D eigenvalue weighted by molar-refractivity contribution is -0.383. The maximum atomic E-state index is 11.9. The zero-order valence-corrected chi connectivity index (χ0v) is 19.3. The van der Waals surface area contributed by atoms with Crippen LogP contribution < -0.4 is 15.0 Å². The Morgan fingerprint density at radius 2 is 2.00 bits per heavy atom. The Bertz CT molecular complexity index is 1020. The van der Waals surface area contributed by atoms with Crippen LogP contribution in [0.5, 0.6) is 5.75 Å². The second-order valence-electron chi connectivity index (χ2n) is 6.80. The number of hydrogen-bond donors (Lipinski definition) is 1. The van der Waals surface area contributed by atoms with Gasteiger partial charge in [-0.05, 0) is 36.3 Å². The summed E-state index contributed by atoms with van der Waals surface area (Å²) in [5, 5.41) is 14.9. The molecule has 2 rings (SSSR count). The van der Waals surface area contributed by atoms with Crippen LogP contribution in [0.25, 0.3) is 0 Å². The van der Waals surface area contributed by atoms with Gasteiger partial charge in [0, 0.05) is 26.2 Å². The van der Waals surface area contributed by atoms with Gasteiger partial charge in [-0.1, -0.05) is 42.5 Å². The number of methoxy groups -OCH3 is 2. The van der Waals surface area contributed by atoms with Crippen LogP contribution in [0, 0.1) is 10.1 Å². The molecule has 0 spiro atoms. The van der Waals surface area contributed by atoms with Gasteiger partial charge in [-0.15, -0.1) is 0 Å². The molecule has 8 nitrogen and oxygen atoms in total. The van der Waals surface area contributed by atoms with Gasteiger partial charge in [0.05, 0.1) is 24.9 Å². The molecule has 170 valence electrons. The Morgan fingerprint density at radius 3 is 2.53 bits per heavy atom. The van der Waals surface area contributed by atoms with E-state index in [1.807, 2.05) is 37.3 Å². The highest BCUT2D eigenvalue weighted by Gasteiger charge is 2.27. The van der Waals surface area contributed by atoms with Crippen molar-refractivity contribution in [1.82, 2.24) is 4.98 Å². The molecule has 0 saturated heterocycles. The molecule has 0 unspecified atom stereocenters. The van der Waals surface area contributed by atoms with E-state index in [9.17, 15) is 10.1 Å². The summed E-state index contributed by atoms with van der Waals surface area (Å²) in [6.07, 6.45) is 5.35. The third-order valence-electron chi connectivity index (χ3n) is 4.72. The molecule has 0 aliphatic heterocycles. The SMILES string of the molecule is C=C/C(=C\C=C(/C)OC)CN(Cc1ccc(OC)cc1)c1nc(Cl)cc(NC)c1[N+](=O)[O-]. The van der Waals surface area contributed by atoms with Gasteiger partial charge >= 0.3 is 5.69 Å². The molecule has 0 amide bonds. The van der Waals surface area contributed by atoms with Gasteiger partial charge in [0.25, 0.3) is 0 Å². The first-order chi connectivity index (χ1) is 15.3. The summed E-state index contributed by atoms with van der Waals surface area (Å²) < 4.78 is 10.4. The van der Waals surface area contributed by atoms with E-state index in [2.05, 4.69) is 16.9 Å². The number of benzene rings is 1. The van der Waals surface area contributed by atoms with Gasteiger partial charge in [-0.2, -0.15) is 0 Å². The molecule has 0 saturated carbocycles. The molecule has 0 aliphatic carbocycles. The highest BCUT2D eigenvalue weighted by atomic mass is 35.5. The number of rotatable bonds is 11. The van der Waals surface area contributed by atoms with E-state index in [1.54, 1.807) is 38.3 Å². The minimum Gasteiger partial charge on any atom is -0.501 e. The number of hydrogen-bond acceptors (Lipinski definition) is 7. The van der Waals surface area contributed by atoms with Crippen LogP contribution in [0.4, 0.5) is 17.2 Å². The second kappa shape index (κ2) is 11.8. The summed E-state index contributed by atoms with van der Waals surface area (Å²) in [5.74, 6) is 1.59. The van der Waals surface area contributed by atoms with Crippen molar-refractivity contribution in [1.29, 1.82) is 0 Å². The second-order valence-corrected chi connectivity index (χ2v) is 7.19. The lowest BCUT2D eigenvalue weighted by Gasteiger charge is -2.25. The largest absolute Gasteiger partial charge is 0.501 e. The molecule has 1 N–H and O–H groups in total. The molecule has 1 aromatic carbocycles. The van der Waals surface area contributed by atoms with Crippen molar-refractivity contribution in [2.75, 3.05) is 38.0 Å². The molecule has 9 heteroatoms. The van der Waals surface area contributed by atoms with Crippen molar-refractivity contribution < 1.29 is 14.4 Å². The predicted octanol–water partition coefficient (Wildman–Crippen LogP) is 5.36. The number of ether oxygens (including phenoxy) is 2. The first kappa shape index (κ1) is 24.7. The summed E-state index contributed by atoms with van der Waals surface area (Å²) in [7, 11) is 4.78. The topological polar surface area (TPSA) is 89.8 Å². The number of halogens is 1. The first-order valence-corrected chi connectivity index (χ1v) is 10.1. The average molecular weight is 459 g/mol. The van der Waals surface area contributed by atoms with E-state index >= 15 is 0 Å². The van der Waals surface area contributed by atoms with E-state index in [1.165, 1.54) is 6.07 Å². The molecule has 0 atom stereocenters. The molecular weight excluding hydrogens is 432 g/mol. The van der Waals surface area contributed by atoms with Gasteiger partial charge in [-0.3, -0.25) is 10.1 Å². The van der Waals surface area contributed by atoms with Crippen LogP contribution in [0.1, 0.15) is 12.5 Å². The van der Waals surface area contributed by atoms with Gasteiger partial charge in [0.2, 0.25) is 5.82 Å². The van der Waals surface area contributed by atoms with E-state index < -0.39 is 4.92 Å². The van der Waals surface area contributed by atoms with Crippen LogP contribution in [0.3, 0.4) is 0 Å². The summed E-state index contributed by atoms with van der Waals surface area (Å²) >= 11 is 6.21. The number of nitrogens with one attached hydrogen (secondary N) is 1. The standard InChI is InChI=1S/C23H27ClN4O4/c1-6-17(8-7-16(2)31-4)14-27(15-18-9-11-19(32-5)12-10-18)23-22(28(29)30)20(25-3)13-21(24)26-23/h6-13H,1,14-15H2,2-5H3,(H,25,26)/b16-7+,17-8+. The molecular formula is C23H27ClN4O4. The zero-order valence-electron chi connectivity index (χ0n) is 18.6. The normalized spacial score (nSPS) is 11.7. The van der Waals surface area contributed by atoms with Crippen molar-refractivity contribution in [3.8, 4) is 5.75 Å². The van der Waals surface area contributed by atoms with Crippen LogP contribution in [-0.4, -0.2) is 37.7 Å². The fraction of sp³-hybridized carbons (Fsp3) is 0.261. The van der Waals surface area contributed by atoms with Crippen molar-refractivity contribution in [3.05, 3.63) is 87.3 Å². The number of pyridine rings is 1. The van der Waals surface area contributed by atoms with Crippen molar-refractivity contribution in [2.45, 2.75) is 13.5 Å². The van der Waals surface area contributed by atoms with E-state index in [-0.39, 0.29) is 22.3 Å². The summed E-state index contributed by atoms with van der Waals surface area (Å²) in [4.78, 5) is 17.6. The van der Waals surface area contributed by atoms with Crippen LogP contribution in [0.2, 0.25) is 5.15 Å². The minimum atomic E-state index is -0.461. The number of allylic oxidation sites excluding steroid dienone is 3. The molecule has 0 fully saturated rings. The minimum absolute atomic E-state index is 0.147. The Labute approximate surface area is 193 Å². The quantitative estimate of drug-likeness (QED) is 0.159. The van der Waals surface area contributed by atoms with E-state index in [0.29, 0.717) is 13.1 Å². The third-order valence-corrected chi connectivity index (χ3v) is 4.91. The van der Waals surface area contributed by atoms with Crippen molar-refractivity contribution in [3.63, 3.8) is 0 Å². The summed E-state index contributed by atoms with van der Waals surface area (Å²) in [6.45, 7) is 6.36. The monoisotopic (exact) mass is 458 g/mol. The third kappa shape index (κ3) is 6.49. The molecule has 0 radical (unpaired) electrons. The number of aromatic nitrogens is 1. The molecule has 0 aliphatic rings. The zero-order chi connectivity index (χ0) is 23.7. The molecule has 2 aromatic rings. The predicted molar refractivity (Wildman–Crippen MR) is 129 cm³/mol. The fourth-order valence-electron chi connectivity index (χ4n) is 2.94. The van der Waals surface area contributed by atoms with Crippen LogP contribution in [-0.2, 0) is 11.3 Å². The number of nitro groups is 1. The molecule has 1 heterocycles. The van der Waals surface area contributed by atoms with Gasteiger partial charge in [0.15, 0.2) is 0 Å². The van der Waals surface area contributed by atoms with Gasteiger partial charge in [0.1, 0.15) is 16.6 Å². The molecule has 1 aromatic heterocycles. The van der Waals surface area contributed by atoms with E-state index in [4.69, 9.17) is 21.1 Å². The lowest BCUT2D eigenvalue weighted by Crippen LogP contribution is -2.27. The first-order valence-electron chi connectivity index (χ1n) is 9.77. The van der Waals surface area contributed by atoms with E-state index in [0.717, 1.165) is 22.6 Å². The van der Waals surface area contributed by atoms with Crippen molar-refractivity contribution in [2.24, 2.45) is 0 Å². The van der Waals surface area contributed by atoms with Crippen LogP contribution >= 0.6 is 11.6 Å². The summed E-state index contributed by atoms with van der Waals surface area (Å²) in [6, 6.07) is 8.90. The highest BCUT2D eigenvalue weighted by Crippen LogP contribution is 2.37. The average Bonchev–Trinajstić information content (AvgIpc) is 2.80. The van der Waals surface area contributed by atoms with Crippen molar-refractivity contribution >= 4 is 28.8 Å². The van der Waals surface area contributed by atoms with Gasteiger partial charge in [-0.25, -0.2) is 4.98 Å². The molecule has 32 heavy (non-hydrogen) atoms. The maximum Gasteiger partial charge on any atom is 0.334 e. The Hall–Kier alpha value is -3.52. The fourth-order valence-corrected chi connectivity index (χ4v) is 3.13.